The van der Waals surface area contributed by atoms with Crippen LogP contribution in [0.3, 0.4) is 0 Å². The first-order valence-electron chi connectivity index (χ1n) is 9.19. The molecule has 0 bridgehead atoms. The second-order valence-electron chi connectivity index (χ2n) is 6.92. The lowest BCUT2D eigenvalue weighted by molar-refractivity contribution is -0.114. The summed E-state index contributed by atoms with van der Waals surface area (Å²) in [5, 5.41) is 5.06. The molecule has 2 aromatic carbocycles. The molecule has 1 aromatic heterocycles. The van der Waals surface area contributed by atoms with Crippen LogP contribution in [0.15, 0.2) is 77.6 Å². The fraction of sp³-hybridized carbons (Fsp3) is 0.125. The Labute approximate surface area is 163 Å². The second-order valence-corrected chi connectivity index (χ2v) is 6.92. The van der Waals surface area contributed by atoms with Crippen molar-refractivity contribution in [1.82, 2.24) is 4.98 Å². The number of anilines is 2. The Bertz CT molecular complexity index is 1240. The zero-order valence-electron chi connectivity index (χ0n) is 15.9. The zero-order valence-corrected chi connectivity index (χ0v) is 15.9. The van der Waals surface area contributed by atoms with Crippen LogP contribution in [0.25, 0.3) is 21.8 Å². The number of nitrogens with two attached hydrogens (primary N) is 1. The summed E-state index contributed by atoms with van der Waals surface area (Å²) >= 11 is 0. The first kappa shape index (κ1) is 17.8. The number of hydrogen-bond donors (Lipinski definition) is 2. The van der Waals surface area contributed by atoms with Gasteiger partial charge in [-0.1, -0.05) is 29.9 Å². The number of nitrogen functional groups attached to an aromatic ring is 1. The molecule has 0 unspecified atom stereocenters. The lowest BCUT2D eigenvalue weighted by atomic mass is 9.95. The highest BCUT2D eigenvalue weighted by molar-refractivity contribution is 6.06. The summed E-state index contributed by atoms with van der Waals surface area (Å²) in [7, 11) is 1.87. The van der Waals surface area contributed by atoms with Crippen LogP contribution in [-0.2, 0) is 11.2 Å². The molecular formula is C24H21N3O. The second kappa shape index (κ2) is 7.18. The molecule has 4 heteroatoms. The van der Waals surface area contributed by atoms with Gasteiger partial charge in [-0.2, -0.15) is 0 Å². The summed E-state index contributed by atoms with van der Waals surface area (Å²) < 4.78 is 0. The number of allylic oxidation sites excluding steroid dienone is 5. The quantitative estimate of drug-likeness (QED) is 0.398. The normalized spacial score (nSPS) is 13.4. The van der Waals surface area contributed by atoms with Crippen molar-refractivity contribution in [3.05, 3.63) is 83.1 Å². The molecule has 0 fully saturated rings. The van der Waals surface area contributed by atoms with Crippen LogP contribution < -0.4 is 11.1 Å². The minimum atomic E-state index is 0.0268. The van der Waals surface area contributed by atoms with Gasteiger partial charge in [0.15, 0.2) is 5.78 Å². The van der Waals surface area contributed by atoms with E-state index in [-0.39, 0.29) is 12.2 Å². The average Bonchev–Trinajstić information content (AvgIpc) is 2.91. The van der Waals surface area contributed by atoms with Crippen LogP contribution in [0.2, 0.25) is 0 Å². The van der Waals surface area contributed by atoms with Gasteiger partial charge in [-0.25, -0.2) is 4.98 Å². The molecule has 0 radical (unpaired) electrons. The van der Waals surface area contributed by atoms with Gasteiger partial charge in [0, 0.05) is 35.6 Å². The van der Waals surface area contributed by atoms with E-state index in [1.54, 1.807) is 6.08 Å². The van der Waals surface area contributed by atoms with Crippen molar-refractivity contribution < 1.29 is 4.79 Å². The van der Waals surface area contributed by atoms with Crippen molar-refractivity contribution in [1.29, 1.82) is 0 Å². The van der Waals surface area contributed by atoms with Gasteiger partial charge in [-0.15, -0.1) is 5.73 Å². The number of fused-ring (bicyclic) bond motifs is 2. The molecule has 28 heavy (non-hydrogen) atoms. The monoisotopic (exact) mass is 367 g/mol. The van der Waals surface area contributed by atoms with Crippen LogP contribution in [0.1, 0.15) is 12.5 Å². The maximum Gasteiger partial charge on any atom is 0.174 e. The molecule has 4 nitrogen and oxygen atoms in total. The van der Waals surface area contributed by atoms with Gasteiger partial charge in [-0.3, -0.25) is 4.79 Å². The number of nitrogens with one attached hydrogen (secondary N) is 1. The smallest absolute Gasteiger partial charge is 0.174 e. The topological polar surface area (TPSA) is 68.0 Å². The van der Waals surface area contributed by atoms with Crippen LogP contribution in [0, 0.1) is 0 Å². The van der Waals surface area contributed by atoms with Crippen molar-refractivity contribution in [2.24, 2.45) is 0 Å². The standard InChI is InChI=1S/C24H21N3O/c1-15-4-3-5-16(7-6-15)24(28)14-21-19-10-8-17(25)12-22(19)27-23-13-18(26-2)9-11-20(21)23/h3-4,6-13,26H,14,25H2,1-2H3. The maximum absolute atomic E-state index is 13.1. The molecule has 1 aliphatic rings. The Balaban J connectivity index is 1.87. The third kappa shape index (κ3) is 3.34. The average molecular weight is 367 g/mol. The van der Waals surface area contributed by atoms with Gasteiger partial charge in [0.05, 0.1) is 16.6 Å². The Morgan fingerprint density at radius 1 is 1.11 bits per heavy atom. The van der Waals surface area contributed by atoms with Gasteiger partial charge in [0.1, 0.15) is 0 Å². The molecule has 3 N–H and O–H groups in total. The number of nitrogens with zero attached hydrogens (tertiary/aromatic N) is 1. The molecule has 0 amide bonds. The van der Waals surface area contributed by atoms with E-state index in [0.717, 1.165) is 38.6 Å². The first-order chi connectivity index (χ1) is 13.5. The van der Waals surface area contributed by atoms with E-state index < -0.39 is 0 Å². The lowest BCUT2D eigenvalue weighted by Gasteiger charge is -2.12. The highest BCUT2D eigenvalue weighted by Crippen LogP contribution is 2.30. The molecule has 0 atom stereocenters. The molecule has 0 saturated carbocycles. The summed E-state index contributed by atoms with van der Waals surface area (Å²) in [4.78, 5) is 17.8. The number of Topliss-reactive ketones (excluding diaryl/α,β-unsaturated/α-hetero) is 1. The lowest BCUT2D eigenvalue weighted by Crippen LogP contribution is -2.06. The Morgan fingerprint density at radius 2 is 1.86 bits per heavy atom. The molecule has 4 rings (SSSR count). The summed E-state index contributed by atoms with van der Waals surface area (Å²) in [5.74, 6) is 0.0268. The summed E-state index contributed by atoms with van der Waals surface area (Å²) in [6, 6.07) is 11.7. The molecule has 3 aromatic rings. The van der Waals surface area contributed by atoms with Crippen molar-refractivity contribution >= 4 is 39.0 Å². The van der Waals surface area contributed by atoms with Gasteiger partial charge < -0.3 is 11.1 Å². The minimum Gasteiger partial charge on any atom is -0.399 e. The highest BCUT2D eigenvalue weighted by atomic mass is 16.1. The largest absolute Gasteiger partial charge is 0.399 e. The number of ketones is 1. The van der Waals surface area contributed by atoms with E-state index in [9.17, 15) is 4.79 Å². The van der Waals surface area contributed by atoms with E-state index in [1.807, 2.05) is 68.6 Å². The van der Waals surface area contributed by atoms with Crippen molar-refractivity contribution in [3.63, 3.8) is 0 Å². The minimum absolute atomic E-state index is 0.0268. The third-order valence-corrected chi connectivity index (χ3v) is 4.94. The SMILES string of the molecule is CNc1ccc2c(CC(=O)C3=C=CC=C(C)C=C3)c3ccc(N)cc3nc2c1. The Morgan fingerprint density at radius 3 is 2.64 bits per heavy atom. The van der Waals surface area contributed by atoms with Gasteiger partial charge >= 0.3 is 0 Å². The first-order valence-corrected chi connectivity index (χ1v) is 9.19. The van der Waals surface area contributed by atoms with E-state index in [0.29, 0.717) is 11.3 Å². The Hall–Kier alpha value is -3.62. The van der Waals surface area contributed by atoms with E-state index >= 15 is 0 Å². The van der Waals surface area contributed by atoms with Crippen LogP contribution in [0.5, 0.6) is 0 Å². The number of hydrogen-bond acceptors (Lipinski definition) is 4. The summed E-state index contributed by atoms with van der Waals surface area (Å²) in [5.41, 5.74) is 14.9. The van der Waals surface area contributed by atoms with E-state index in [4.69, 9.17) is 10.7 Å². The van der Waals surface area contributed by atoms with Crippen molar-refractivity contribution in [2.75, 3.05) is 18.1 Å². The molecular weight excluding hydrogens is 346 g/mol. The predicted molar refractivity (Wildman–Crippen MR) is 116 cm³/mol. The molecule has 138 valence electrons. The number of carbonyl (C=O) groups excluding carboxylic acids is 1. The molecule has 1 heterocycles. The molecule has 0 aliphatic heterocycles. The summed E-state index contributed by atoms with van der Waals surface area (Å²) in [6.07, 6.45) is 7.78. The van der Waals surface area contributed by atoms with Gasteiger partial charge in [0.2, 0.25) is 0 Å². The fourth-order valence-electron chi connectivity index (χ4n) is 3.41. The van der Waals surface area contributed by atoms with Crippen molar-refractivity contribution in [2.45, 2.75) is 13.3 Å². The molecule has 0 spiro atoms. The maximum atomic E-state index is 13.1. The van der Waals surface area contributed by atoms with Crippen molar-refractivity contribution in [3.8, 4) is 0 Å². The number of aromatic nitrogens is 1. The molecule has 1 aliphatic carbocycles. The van der Waals surface area contributed by atoms with Gasteiger partial charge in [-0.05, 0) is 48.9 Å². The number of pyridine rings is 1. The third-order valence-electron chi connectivity index (χ3n) is 4.94. The number of rotatable bonds is 4. The number of carbonyl (C=O) groups is 1. The van der Waals surface area contributed by atoms with Crippen LogP contribution in [0.4, 0.5) is 11.4 Å². The highest BCUT2D eigenvalue weighted by Gasteiger charge is 2.15. The van der Waals surface area contributed by atoms with Crippen LogP contribution >= 0.6 is 0 Å². The van der Waals surface area contributed by atoms with Gasteiger partial charge in [0.25, 0.3) is 0 Å². The molecule has 0 saturated heterocycles. The predicted octanol–water partition coefficient (Wildman–Crippen LogP) is 4.72. The zero-order chi connectivity index (χ0) is 19.7. The van der Waals surface area contributed by atoms with Crippen LogP contribution in [-0.4, -0.2) is 17.8 Å². The fourth-order valence-corrected chi connectivity index (χ4v) is 3.41. The van der Waals surface area contributed by atoms with E-state index in [2.05, 4.69) is 11.0 Å². The summed E-state index contributed by atoms with van der Waals surface area (Å²) in [6.45, 7) is 2.00. The van der Waals surface area contributed by atoms with E-state index in [1.165, 1.54) is 0 Å². The Kier molecular flexibility index (Phi) is 4.56. The number of benzene rings is 2.